The Balaban J connectivity index is 2.35. The van der Waals surface area contributed by atoms with Crippen molar-refractivity contribution in [3.63, 3.8) is 0 Å². The summed E-state index contributed by atoms with van der Waals surface area (Å²) >= 11 is 0. The molecule has 0 unspecified atom stereocenters. The first-order valence-corrected chi connectivity index (χ1v) is 10.0. The number of allylic oxidation sites excluding steroid dienone is 2. The van der Waals surface area contributed by atoms with Gasteiger partial charge in [0.05, 0.1) is 34.0 Å². The molecule has 164 valence electrons. The maximum atomic E-state index is 13.6. The van der Waals surface area contributed by atoms with Gasteiger partial charge in [0.15, 0.2) is 5.43 Å². The Morgan fingerprint density at radius 1 is 0.903 bits per heavy atom. The molecule has 6 nitrogen and oxygen atoms in total. The minimum absolute atomic E-state index is 0.129. The monoisotopic (exact) mass is 424 g/mol. The summed E-state index contributed by atoms with van der Waals surface area (Å²) < 4.78 is 28.0. The topological polar surface area (TPSA) is 67.1 Å². The van der Waals surface area contributed by atoms with Gasteiger partial charge in [-0.15, -0.1) is 0 Å². The Labute approximate surface area is 182 Å². The van der Waals surface area contributed by atoms with E-state index in [1.165, 1.54) is 12.7 Å². The van der Waals surface area contributed by atoms with Gasteiger partial charge in [0.1, 0.15) is 39.7 Å². The van der Waals surface area contributed by atoms with Gasteiger partial charge in [-0.1, -0.05) is 11.6 Å². The summed E-state index contributed by atoms with van der Waals surface area (Å²) in [6.07, 6.45) is 3.33. The lowest BCUT2D eigenvalue weighted by atomic mass is 9.99. The first kappa shape index (κ1) is 22.3. The first-order chi connectivity index (χ1) is 14.9. The van der Waals surface area contributed by atoms with Crippen LogP contribution in [0.3, 0.4) is 0 Å². The maximum Gasteiger partial charge on any atom is 0.200 e. The van der Waals surface area contributed by atoms with Crippen LogP contribution in [0.5, 0.6) is 23.0 Å². The van der Waals surface area contributed by atoms with Crippen molar-refractivity contribution in [2.24, 2.45) is 0 Å². The molecular formula is C25H28O6. The van der Waals surface area contributed by atoms with Gasteiger partial charge in [0, 0.05) is 23.8 Å². The number of ether oxygens (including phenoxy) is 4. The molecule has 0 spiro atoms. The molecule has 0 radical (unpaired) electrons. The lowest BCUT2D eigenvalue weighted by molar-refractivity contribution is 0.394. The van der Waals surface area contributed by atoms with Gasteiger partial charge in [-0.25, -0.2) is 0 Å². The van der Waals surface area contributed by atoms with Crippen LogP contribution in [0.2, 0.25) is 0 Å². The van der Waals surface area contributed by atoms with Gasteiger partial charge in [-0.05, 0) is 38.8 Å². The molecule has 0 atom stereocenters. The summed E-state index contributed by atoms with van der Waals surface area (Å²) in [6, 6.07) is 8.80. The van der Waals surface area contributed by atoms with Gasteiger partial charge in [0.25, 0.3) is 0 Å². The van der Waals surface area contributed by atoms with E-state index < -0.39 is 0 Å². The van der Waals surface area contributed by atoms with Crippen molar-refractivity contribution in [1.82, 2.24) is 0 Å². The normalized spacial score (nSPS) is 10.6. The van der Waals surface area contributed by atoms with Gasteiger partial charge < -0.3 is 23.4 Å². The molecule has 0 aliphatic rings. The highest BCUT2D eigenvalue weighted by Gasteiger charge is 2.22. The van der Waals surface area contributed by atoms with Crippen molar-refractivity contribution in [1.29, 1.82) is 0 Å². The molecule has 3 aromatic rings. The van der Waals surface area contributed by atoms with Crippen molar-refractivity contribution in [3.05, 3.63) is 57.8 Å². The minimum Gasteiger partial charge on any atom is -0.497 e. The van der Waals surface area contributed by atoms with Gasteiger partial charge in [0.2, 0.25) is 0 Å². The van der Waals surface area contributed by atoms with Crippen LogP contribution in [0, 0.1) is 0 Å². The third kappa shape index (κ3) is 4.53. The van der Waals surface area contributed by atoms with Crippen LogP contribution in [-0.2, 0) is 6.42 Å². The smallest absolute Gasteiger partial charge is 0.200 e. The van der Waals surface area contributed by atoms with Crippen molar-refractivity contribution in [3.8, 4) is 34.3 Å². The van der Waals surface area contributed by atoms with Crippen LogP contribution in [0.1, 0.15) is 25.8 Å². The van der Waals surface area contributed by atoms with Crippen LogP contribution < -0.4 is 24.4 Å². The molecule has 0 saturated heterocycles. The maximum absolute atomic E-state index is 13.6. The summed E-state index contributed by atoms with van der Waals surface area (Å²) in [5.74, 6) is 2.63. The second kappa shape index (κ2) is 9.60. The highest BCUT2D eigenvalue weighted by atomic mass is 16.5. The highest BCUT2D eigenvalue weighted by molar-refractivity contribution is 5.88. The quantitative estimate of drug-likeness (QED) is 0.452. The Morgan fingerprint density at radius 3 is 2.19 bits per heavy atom. The minimum atomic E-state index is -0.129. The van der Waals surface area contributed by atoms with Crippen molar-refractivity contribution in [2.75, 3.05) is 28.4 Å². The van der Waals surface area contributed by atoms with Gasteiger partial charge in [-0.2, -0.15) is 0 Å². The van der Waals surface area contributed by atoms with Crippen molar-refractivity contribution < 1.29 is 23.4 Å². The van der Waals surface area contributed by atoms with E-state index in [0.717, 1.165) is 0 Å². The lowest BCUT2D eigenvalue weighted by Crippen LogP contribution is -2.13. The number of hydrogen-bond acceptors (Lipinski definition) is 6. The lowest BCUT2D eigenvalue weighted by Gasteiger charge is -2.15. The molecule has 0 fully saturated rings. The van der Waals surface area contributed by atoms with E-state index in [0.29, 0.717) is 63.7 Å². The molecule has 0 amide bonds. The summed E-state index contributed by atoms with van der Waals surface area (Å²) in [7, 11) is 6.25. The Hall–Kier alpha value is -3.41. The molecular weight excluding hydrogens is 396 g/mol. The first-order valence-electron chi connectivity index (χ1n) is 10.0. The van der Waals surface area contributed by atoms with Crippen LogP contribution >= 0.6 is 0 Å². The fourth-order valence-electron chi connectivity index (χ4n) is 3.51. The number of methoxy groups -OCH3 is 4. The number of fused-ring (bicyclic) bond motifs is 1. The number of hydrogen-bond donors (Lipinski definition) is 0. The average molecular weight is 424 g/mol. The van der Waals surface area contributed by atoms with Gasteiger partial charge >= 0.3 is 0 Å². The Morgan fingerprint density at radius 2 is 1.58 bits per heavy atom. The molecule has 0 N–H and O–H groups in total. The molecule has 3 rings (SSSR count). The standard InChI is InChI=1S/C25H28O6/c1-15(2)8-7-9-19-24(26)23-21(30-6)13-17(28-4)14-22(23)31-25(19)18-11-10-16(27-3)12-20(18)29-5/h8,10-14H,7,9H2,1-6H3. The summed E-state index contributed by atoms with van der Waals surface area (Å²) in [4.78, 5) is 13.6. The zero-order valence-electron chi connectivity index (χ0n) is 18.8. The molecule has 1 heterocycles. The summed E-state index contributed by atoms with van der Waals surface area (Å²) in [5, 5.41) is 0.395. The van der Waals surface area contributed by atoms with Crippen molar-refractivity contribution in [2.45, 2.75) is 26.7 Å². The van der Waals surface area contributed by atoms with Crippen LogP contribution in [0.4, 0.5) is 0 Å². The SMILES string of the molecule is COc1ccc(-c2oc3cc(OC)cc(OC)c3c(=O)c2CCC=C(C)C)c(OC)c1. The van der Waals surface area contributed by atoms with Crippen LogP contribution in [-0.4, -0.2) is 28.4 Å². The zero-order chi connectivity index (χ0) is 22.5. The van der Waals surface area contributed by atoms with E-state index in [4.69, 9.17) is 23.4 Å². The average Bonchev–Trinajstić information content (AvgIpc) is 2.78. The van der Waals surface area contributed by atoms with Gasteiger partial charge in [-0.3, -0.25) is 4.79 Å². The van der Waals surface area contributed by atoms with Crippen LogP contribution in [0.25, 0.3) is 22.3 Å². The van der Waals surface area contributed by atoms with Crippen LogP contribution in [0.15, 0.2) is 51.2 Å². The third-order valence-electron chi connectivity index (χ3n) is 5.08. The van der Waals surface area contributed by atoms with E-state index in [-0.39, 0.29) is 5.43 Å². The molecule has 2 aromatic carbocycles. The predicted molar refractivity (Wildman–Crippen MR) is 122 cm³/mol. The van der Waals surface area contributed by atoms with Crippen molar-refractivity contribution >= 4 is 11.0 Å². The van der Waals surface area contributed by atoms with E-state index in [1.807, 2.05) is 26.0 Å². The highest BCUT2D eigenvalue weighted by Crippen LogP contribution is 2.38. The van der Waals surface area contributed by atoms with E-state index in [9.17, 15) is 4.79 Å². The molecule has 1 aromatic heterocycles. The molecule has 31 heavy (non-hydrogen) atoms. The Bertz CT molecular complexity index is 1170. The molecule has 0 aliphatic heterocycles. The predicted octanol–water partition coefficient (Wildman–Crippen LogP) is 5.39. The van der Waals surface area contributed by atoms with E-state index in [1.54, 1.807) is 39.5 Å². The largest absolute Gasteiger partial charge is 0.497 e. The second-order valence-corrected chi connectivity index (χ2v) is 7.33. The fraction of sp³-hybridized carbons (Fsp3) is 0.320. The molecule has 6 heteroatoms. The summed E-state index contributed by atoms with van der Waals surface area (Å²) in [5.41, 5.74) is 2.69. The van der Waals surface area contributed by atoms with E-state index in [2.05, 4.69) is 6.08 Å². The zero-order valence-corrected chi connectivity index (χ0v) is 18.8. The second-order valence-electron chi connectivity index (χ2n) is 7.33. The fourth-order valence-corrected chi connectivity index (χ4v) is 3.51. The van der Waals surface area contributed by atoms with E-state index >= 15 is 0 Å². The molecule has 0 aliphatic carbocycles. The number of benzene rings is 2. The molecule has 0 bridgehead atoms. The Kier molecular flexibility index (Phi) is 6.90. The molecule has 0 saturated carbocycles. The summed E-state index contributed by atoms with van der Waals surface area (Å²) in [6.45, 7) is 4.07. The number of rotatable bonds is 8. The third-order valence-corrected chi connectivity index (χ3v) is 5.08.